The number of aromatic nitrogens is 2. The standard InChI is InChI=1S/C19H24N4O/c24-19(22-11-10-21-9-5-4-8-18(21)15-22)12-16-13-20-23(14-16)17-6-2-1-3-7-17/h1-3,6-7,13-14,18H,4-5,8-12,15H2/t18-/m0/s1. The number of carbonyl (C=O) groups excluding carboxylic acids is 1. The number of piperazine rings is 1. The number of fused-ring (bicyclic) bond motifs is 1. The first kappa shape index (κ1) is 15.4. The van der Waals surface area contributed by atoms with Gasteiger partial charge in [0.1, 0.15) is 0 Å². The van der Waals surface area contributed by atoms with E-state index in [1.807, 2.05) is 52.3 Å². The van der Waals surface area contributed by atoms with E-state index in [9.17, 15) is 4.79 Å². The number of benzene rings is 1. The van der Waals surface area contributed by atoms with Crippen molar-refractivity contribution in [1.29, 1.82) is 0 Å². The summed E-state index contributed by atoms with van der Waals surface area (Å²) < 4.78 is 1.84. The topological polar surface area (TPSA) is 41.4 Å². The van der Waals surface area contributed by atoms with E-state index >= 15 is 0 Å². The van der Waals surface area contributed by atoms with Crippen LogP contribution in [0.2, 0.25) is 0 Å². The van der Waals surface area contributed by atoms with Gasteiger partial charge in [0.25, 0.3) is 0 Å². The van der Waals surface area contributed by atoms with E-state index in [1.165, 1.54) is 25.8 Å². The van der Waals surface area contributed by atoms with E-state index in [-0.39, 0.29) is 5.91 Å². The molecule has 3 heterocycles. The Balaban J connectivity index is 1.39. The third kappa shape index (κ3) is 3.22. The van der Waals surface area contributed by atoms with E-state index in [0.29, 0.717) is 12.5 Å². The third-order valence-corrected chi connectivity index (χ3v) is 5.20. The lowest BCUT2D eigenvalue weighted by Crippen LogP contribution is -2.56. The smallest absolute Gasteiger partial charge is 0.227 e. The first-order chi connectivity index (χ1) is 11.8. The molecule has 2 aliphatic rings. The summed E-state index contributed by atoms with van der Waals surface area (Å²) in [4.78, 5) is 17.3. The molecule has 0 unspecified atom stereocenters. The minimum atomic E-state index is 0.229. The SMILES string of the molecule is O=C(Cc1cnn(-c2ccccc2)c1)N1CCN2CCCC[C@H]2C1. The summed E-state index contributed by atoms with van der Waals surface area (Å²) in [6.07, 6.45) is 8.05. The van der Waals surface area contributed by atoms with Crippen molar-refractivity contribution in [1.82, 2.24) is 19.6 Å². The van der Waals surface area contributed by atoms with Crippen molar-refractivity contribution in [3.8, 4) is 5.69 Å². The van der Waals surface area contributed by atoms with E-state index in [0.717, 1.165) is 30.9 Å². The third-order valence-electron chi connectivity index (χ3n) is 5.20. The molecular weight excluding hydrogens is 300 g/mol. The van der Waals surface area contributed by atoms with Gasteiger partial charge >= 0.3 is 0 Å². The summed E-state index contributed by atoms with van der Waals surface area (Å²) >= 11 is 0. The molecule has 0 bridgehead atoms. The zero-order chi connectivity index (χ0) is 16.4. The van der Waals surface area contributed by atoms with Crippen LogP contribution in [0.25, 0.3) is 5.69 Å². The van der Waals surface area contributed by atoms with Crippen molar-refractivity contribution >= 4 is 5.91 Å². The van der Waals surface area contributed by atoms with Crippen LogP contribution in [-0.2, 0) is 11.2 Å². The van der Waals surface area contributed by atoms with E-state index in [4.69, 9.17) is 0 Å². The number of rotatable bonds is 3. The average Bonchev–Trinajstić information content (AvgIpc) is 3.10. The summed E-state index contributed by atoms with van der Waals surface area (Å²) in [7, 11) is 0. The first-order valence-electron chi connectivity index (χ1n) is 8.90. The van der Waals surface area contributed by atoms with Crippen LogP contribution in [0.1, 0.15) is 24.8 Å². The van der Waals surface area contributed by atoms with Gasteiger partial charge in [0.2, 0.25) is 5.91 Å². The molecule has 5 nitrogen and oxygen atoms in total. The highest BCUT2D eigenvalue weighted by Gasteiger charge is 2.30. The lowest BCUT2D eigenvalue weighted by atomic mass is 9.99. The van der Waals surface area contributed by atoms with Gasteiger partial charge in [0.15, 0.2) is 0 Å². The zero-order valence-corrected chi connectivity index (χ0v) is 14.0. The lowest BCUT2D eigenvalue weighted by molar-refractivity contribution is -0.134. The maximum Gasteiger partial charge on any atom is 0.227 e. The Morgan fingerprint density at radius 3 is 2.88 bits per heavy atom. The molecule has 5 heteroatoms. The van der Waals surface area contributed by atoms with Crippen molar-refractivity contribution in [2.45, 2.75) is 31.7 Å². The monoisotopic (exact) mass is 324 g/mol. The Morgan fingerprint density at radius 1 is 1.12 bits per heavy atom. The molecule has 2 fully saturated rings. The van der Waals surface area contributed by atoms with E-state index in [2.05, 4.69) is 10.00 Å². The number of piperidine rings is 1. The molecule has 0 spiro atoms. The average molecular weight is 324 g/mol. The summed E-state index contributed by atoms with van der Waals surface area (Å²) in [6, 6.07) is 10.6. The predicted octanol–water partition coefficient (Wildman–Crippen LogP) is 2.11. The summed E-state index contributed by atoms with van der Waals surface area (Å²) in [5.74, 6) is 0.229. The molecule has 2 saturated heterocycles. The quantitative estimate of drug-likeness (QED) is 0.868. The molecule has 0 aliphatic carbocycles. The van der Waals surface area contributed by atoms with Crippen molar-refractivity contribution in [3.05, 3.63) is 48.3 Å². The fraction of sp³-hybridized carbons (Fsp3) is 0.474. The van der Waals surface area contributed by atoms with Gasteiger partial charge in [-0.25, -0.2) is 4.68 Å². The lowest BCUT2D eigenvalue weighted by Gasteiger charge is -2.44. The molecule has 2 aliphatic heterocycles. The highest BCUT2D eigenvalue weighted by atomic mass is 16.2. The van der Waals surface area contributed by atoms with Gasteiger partial charge in [-0.3, -0.25) is 9.69 Å². The zero-order valence-electron chi connectivity index (χ0n) is 14.0. The fourth-order valence-electron chi connectivity index (χ4n) is 3.84. The van der Waals surface area contributed by atoms with Crippen molar-refractivity contribution < 1.29 is 4.79 Å². The van der Waals surface area contributed by atoms with Gasteiger partial charge in [0, 0.05) is 31.9 Å². The number of hydrogen-bond acceptors (Lipinski definition) is 3. The Morgan fingerprint density at radius 2 is 2.00 bits per heavy atom. The van der Waals surface area contributed by atoms with Crippen LogP contribution in [0.4, 0.5) is 0 Å². The van der Waals surface area contributed by atoms with Gasteiger partial charge < -0.3 is 4.90 Å². The molecule has 1 atom stereocenters. The van der Waals surface area contributed by atoms with Gasteiger partial charge in [-0.15, -0.1) is 0 Å². The van der Waals surface area contributed by atoms with Crippen LogP contribution in [0.15, 0.2) is 42.7 Å². The molecular formula is C19H24N4O. The first-order valence-corrected chi connectivity index (χ1v) is 8.90. The largest absolute Gasteiger partial charge is 0.340 e. The second-order valence-electron chi connectivity index (χ2n) is 6.83. The molecule has 24 heavy (non-hydrogen) atoms. The van der Waals surface area contributed by atoms with Crippen LogP contribution < -0.4 is 0 Å². The molecule has 0 N–H and O–H groups in total. The number of amides is 1. The highest BCUT2D eigenvalue weighted by Crippen LogP contribution is 2.21. The summed E-state index contributed by atoms with van der Waals surface area (Å²) in [5.41, 5.74) is 2.00. The molecule has 1 aromatic heterocycles. The van der Waals surface area contributed by atoms with Crippen LogP contribution in [-0.4, -0.2) is 57.7 Å². The fourth-order valence-corrected chi connectivity index (χ4v) is 3.84. The molecule has 2 aromatic rings. The van der Waals surface area contributed by atoms with Crippen LogP contribution >= 0.6 is 0 Å². The normalized spacial score (nSPS) is 21.5. The second-order valence-corrected chi connectivity index (χ2v) is 6.83. The Kier molecular flexibility index (Phi) is 4.34. The van der Waals surface area contributed by atoms with Crippen LogP contribution in [0.5, 0.6) is 0 Å². The molecule has 0 saturated carbocycles. The van der Waals surface area contributed by atoms with Gasteiger partial charge in [-0.1, -0.05) is 24.6 Å². The van der Waals surface area contributed by atoms with Crippen molar-refractivity contribution in [2.24, 2.45) is 0 Å². The molecule has 4 rings (SSSR count). The van der Waals surface area contributed by atoms with Gasteiger partial charge in [-0.05, 0) is 37.1 Å². The second kappa shape index (κ2) is 6.77. The van der Waals surface area contributed by atoms with Crippen molar-refractivity contribution in [2.75, 3.05) is 26.2 Å². The van der Waals surface area contributed by atoms with Gasteiger partial charge in [0.05, 0.1) is 18.3 Å². The molecule has 1 amide bonds. The summed E-state index contributed by atoms with van der Waals surface area (Å²) in [5, 5.41) is 4.39. The Bertz CT molecular complexity index is 696. The summed E-state index contributed by atoms with van der Waals surface area (Å²) in [6.45, 7) is 3.99. The number of carbonyl (C=O) groups is 1. The van der Waals surface area contributed by atoms with Gasteiger partial charge in [-0.2, -0.15) is 5.10 Å². The van der Waals surface area contributed by atoms with Crippen LogP contribution in [0.3, 0.4) is 0 Å². The Labute approximate surface area is 142 Å². The van der Waals surface area contributed by atoms with Crippen LogP contribution in [0, 0.1) is 0 Å². The molecule has 1 aromatic carbocycles. The maximum atomic E-state index is 12.7. The predicted molar refractivity (Wildman–Crippen MR) is 93.1 cm³/mol. The Hall–Kier alpha value is -2.14. The number of para-hydroxylation sites is 1. The van der Waals surface area contributed by atoms with Crippen molar-refractivity contribution in [3.63, 3.8) is 0 Å². The molecule has 126 valence electrons. The molecule has 0 radical (unpaired) electrons. The number of hydrogen-bond donors (Lipinski definition) is 0. The number of nitrogens with zero attached hydrogens (tertiary/aromatic N) is 4. The minimum Gasteiger partial charge on any atom is -0.340 e. The van der Waals surface area contributed by atoms with E-state index in [1.54, 1.807) is 0 Å². The van der Waals surface area contributed by atoms with E-state index < -0.39 is 0 Å². The highest BCUT2D eigenvalue weighted by molar-refractivity contribution is 5.78. The minimum absolute atomic E-state index is 0.229. The maximum absolute atomic E-state index is 12.7.